The molecule has 0 aromatic heterocycles. The summed E-state index contributed by atoms with van der Waals surface area (Å²) in [6.45, 7) is 0.482. The highest BCUT2D eigenvalue weighted by molar-refractivity contribution is 7.89. The van der Waals surface area contributed by atoms with Crippen molar-refractivity contribution in [3.8, 4) is 0 Å². The fourth-order valence-electron chi connectivity index (χ4n) is 1.93. The Kier molecular flexibility index (Phi) is 4.65. The van der Waals surface area contributed by atoms with Crippen LogP contribution in [0.4, 0.5) is 0 Å². The predicted octanol–water partition coefficient (Wildman–Crippen LogP) is 2.61. The number of halogens is 1. The molecule has 2 rings (SSSR count). The monoisotopic (exact) mass is 287 g/mol. The molecule has 0 spiro atoms. The summed E-state index contributed by atoms with van der Waals surface area (Å²) in [5, 5.41) is 0. The zero-order chi connectivity index (χ0) is 13.0. The van der Waals surface area contributed by atoms with E-state index in [0.29, 0.717) is 18.8 Å². The van der Waals surface area contributed by atoms with Gasteiger partial charge < -0.3 is 0 Å². The van der Waals surface area contributed by atoms with Crippen molar-refractivity contribution >= 4 is 21.6 Å². The molecule has 1 aliphatic rings. The van der Waals surface area contributed by atoms with E-state index >= 15 is 0 Å². The number of rotatable bonds is 7. The molecule has 1 aromatic rings. The Balaban J connectivity index is 2.09. The lowest BCUT2D eigenvalue weighted by Gasteiger charge is -2.21. The number of sulfonamides is 1. The summed E-state index contributed by atoms with van der Waals surface area (Å²) in [6, 6.07) is 9.94. The number of nitrogens with zero attached hydrogens (tertiary/aromatic N) is 1. The molecule has 18 heavy (non-hydrogen) atoms. The molecular formula is C13H18ClNO2S. The molecule has 3 nitrogen and oxygen atoms in total. The lowest BCUT2D eigenvalue weighted by molar-refractivity contribution is 0.398. The highest BCUT2D eigenvalue weighted by Crippen LogP contribution is 2.31. The molecule has 0 bridgehead atoms. The molecule has 100 valence electrons. The van der Waals surface area contributed by atoms with Crippen molar-refractivity contribution in [1.29, 1.82) is 0 Å². The topological polar surface area (TPSA) is 37.4 Å². The van der Waals surface area contributed by atoms with Crippen LogP contribution in [0.15, 0.2) is 30.3 Å². The molecular weight excluding hydrogens is 270 g/mol. The Bertz CT molecular complexity index is 471. The van der Waals surface area contributed by atoms with Crippen molar-refractivity contribution in [3.05, 3.63) is 35.9 Å². The van der Waals surface area contributed by atoms with Crippen LogP contribution in [0.3, 0.4) is 0 Å². The largest absolute Gasteiger partial charge is 0.214 e. The van der Waals surface area contributed by atoms with Crippen molar-refractivity contribution in [2.75, 3.05) is 11.6 Å². The molecule has 1 aromatic carbocycles. The van der Waals surface area contributed by atoms with Gasteiger partial charge in [0.1, 0.15) is 0 Å². The zero-order valence-electron chi connectivity index (χ0n) is 10.3. The van der Waals surface area contributed by atoms with Crippen molar-refractivity contribution in [2.24, 2.45) is 0 Å². The van der Waals surface area contributed by atoms with Crippen LogP contribution in [-0.2, 0) is 16.6 Å². The minimum absolute atomic E-state index is 0.153. The molecule has 0 aliphatic heterocycles. The highest BCUT2D eigenvalue weighted by atomic mass is 35.5. The van der Waals surface area contributed by atoms with Crippen molar-refractivity contribution in [3.63, 3.8) is 0 Å². The predicted molar refractivity (Wildman–Crippen MR) is 74.1 cm³/mol. The molecule has 0 unspecified atom stereocenters. The number of benzene rings is 1. The van der Waals surface area contributed by atoms with E-state index in [1.165, 1.54) is 0 Å². The van der Waals surface area contributed by atoms with Gasteiger partial charge in [-0.2, -0.15) is 4.31 Å². The molecule has 1 fully saturated rings. The van der Waals surface area contributed by atoms with E-state index in [4.69, 9.17) is 11.6 Å². The third-order valence-corrected chi connectivity index (χ3v) is 5.24. The van der Waals surface area contributed by atoms with Gasteiger partial charge in [-0.15, -0.1) is 11.6 Å². The third kappa shape index (κ3) is 3.70. The second-order valence-electron chi connectivity index (χ2n) is 4.62. The highest BCUT2D eigenvalue weighted by Gasteiger charge is 2.36. The molecule has 0 amide bonds. The minimum atomic E-state index is -3.17. The Morgan fingerprint density at radius 1 is 1.22 bits per heavy atom. The van der Waals surface area contributed by atoms with Gasteiger partial charge in [0.05, 0.1) is 5.75 Å². The average Bonchev–Trinajstić information content (AvgIpc) is 3.19. The van der Waals surface area contributed by atoms with Crippen molar-refractivity contribution in [2.45, 2.75) is 31.8 Å². The third-order valence-electron chi connectivity index (χ3n) is 3.03. The molecule has 0 N–H and O–H groups in total. The molecule has 1 saturated carbocycles. The maximum Gasteiger partial charge on any atom is 0.214 e. The van der Waals surface area contributed by atoms with Gasteiger partial charge in [-0.1, -0.05) is 30.3 Å². The maximum atomic E-state index is 12.2. The van der Waals surface area contributed by atoms with Gasteiger partial charge in [0, 0.05) is 18.5 Å². The van der Waals surface area contributed by atoms with Crippen LogP contribution in [0.5, 0.6) is 0 Å². The Morgan fingerprint density at radius 3 is 2.44 bits per heavy atom. The van der Waals surface area contributed by atoms with Gasteiger partial charge in [-0.25, -0.2) is 8.42 Å². The van der Waals surface area contributed by atoms with Crippen LogP contribution < -0.4 is 0 Å². The summed E-state index contributed by atoms with van der Waals surface area (Å²) in [4.78, 5) is 0. The van der Waals surface area contributed by atoms with E-state index in [-0.39, 0.29) is 11.8 Å². The number of hydrogen-bond acceptors (Lipinski definition) is 2. The van der Waals surface area contributed by atoms with E-state index in [1.54, 1.807) is 4.31 Å². The summed E-state index contributed by atoms with van der Waals surface area (Å²) >= 11 is 5.58. The quantitative estimate of drug-likeness (QED) is 0.723. The summed E-state index contributed by atoms with van der Waals surface area (Å²) < 4.78 is 26.1. The Hall–Kier alpha value is -0.580. The lowest BCUT2D eigenvalue weighted by atomic mass is 10.2. The van der Waals surface area contributed by atoms with Gasteiger partial charge in [0.2, 0.25) is 10.0 Å². The van der Waals surface area contributed by atoms with Gasteiger partial charge in [-0.05, 0) is 24.8 Å². The summed E-state index contributed by atoms with van der Waals surface area (Å²) in [7, 11) is -3.17. The molecule has 0 atom stereocenters. The number of hydrogen-bond donors (Lipinski definition) is 0. The first-order valence-electron chi connectivity index (χ1n) is 6.23. The van der Waals surface area contributed by atoms with Crippen molar-refractivity contribution < 1.29 is 8.42 Å². The lowest BCUT2D eigenvalue weighted by Crippen LogP contribution is -2.34. The average molecular weight is 288 g/mol. The van der Waals surface area contributed by atoms with Crippen LogP contribution in [0.2, 0.25) is 0 Å². The fourth-order valence-corrected chi connectivity index (χ4v) is 3.98. The smallest absolute Gasteiger partial charge is 0.212 e. The van der Waals surface area contributed by atoms with Gasteiger partial charge in [-0.3, -0.25) is 0 Å². The second-order valence-corrected chi connectivity index (χ2v) is 7.04. The standard InChI is InChI=1S/C13H18ClNO2S/c14-9-4-10-18(16,17)15(13-7-8-13)11-12-5-2-1-3-6-12/h1-3,5-6,13H,4,7-11H2. The second kappa shape index (κ2) is 6.04. The Labute approximate surface area is 114 Å². The first kappa shape index (κ1) is 13.8. The van der Waals surface area contributed by atoms with Crippen LogP contribution in [0, 0.1) is 0 Å². The summed E-state index contributed by atoms with van der Waals surface area (Å²) in [6.07, 6.45) is 2.47. The number of alkyl halides is 1. The van der Waals surface area contributed by atoms with Gasteiger partial charge in [0.15, 0.2) is 0 Å². The SMILES string of the molecule is O=S(=O)(CCCCl)N(Cc1ccccc1)C1CC1. The van der Waals surface area contributed by atoms with E-state index in [9.17, 15) is 8.42 Å². The fraction of sp³-hybridized carbons (Fsp3) is 0.538. The normalized spacial score (nSPS) is 16.1. The van der Waals surface area contributed by atoms with E-state index < -0.39 is 10.0 Å². The molecule has 0 heterocycles. The summed E-state index contributed by atoms with van der Waals surface area (Å²) in [5.74, 6) is 0.545. The van der Waals surface area contributed by atoms with Crippen LogP contribution >= 0.6 is 11.6 Å². The molecule has 0 radical (unpaired) electrons. The minimum Gasteiger partial charge on any atom is -0.212 e. The zero-order valence-corrected chi connectivity index (χ0v) is 11.8. The van der Waals surface area contributed by atoms with Crippen LogP contribution in [-0.4, -0.2) is 30.4 Å². The first-order valence-corrected chi connectivity index (χ1v) is 8.37. The van der Waals surface area contributed by atoms with E-state index in [1.807, 2.05) is 30.3 Å². The van der Waals surface area contributed by atoms with E-state index in [0.717, 1.165) is 18.4 Å². The van der Waals surface area contributed by atoms with Crippen LogP contribution in [0.25, 0.3) is 0 Å². The van der Waals surface area contributed by atoms with Crippen molar-refractivity contribution in [1.82, 2.24) is 4.31 Å². The van der Waals surface area contributed by atoms with Gasteiger partial charge in [0.25, 0.3) is 0 Å². The first-order chi connectivity index (χ1) is 8.63. The van der Waals surface area contributed by atoms with Gasteiger partial charge >= 0.3 is 0 Å². The van der Waals surface area contributed by atoms with E-state index in [2.05, 4.69) is 0 Å². The summed E-state index contributed by atoms with van der Waals surface area (Å²) in [5.41, 5.74) is 1.04. The Morgan fingerprint density at radius 2 is 1.89 bits per heavy atom. The maximum absolute atomic E-state index is 12.2. The van der Waals surface area contributed by atoms with Crippen LogP contribution in [0.1, 0.15) is 24.8 Å². The molecule has 5 heteroatoms. The molecule has 0 saturated heterocycles. The molecule has 1 aliphatic carbocycles.